The Kier molecular flexibility index (Phi) is 6.06. The van der Waals surface area contributed by atoms with Gasteiger partial charge in [-0.3, -0.25) is 11.3 Å². The van der Waals surface area contributed by atoms with Gasteiger partial charge in [0, 0.05) is 21.2 Å². The van der Waals surface area contributed by atoms with Crippen molar-refractivity contribution >= 4 is 22.9 Å². The van der Waals surface area contributed by atoms with E-state index in [-0.39, 0.29) is 12.1 Å². The number of hydrazine groups is 1. The zero-order chi connectivity index (χ0) is 15.2. The molecule has 1 heterocycles. The van der Waals surface area contributed by atoms with E-state index in [2.05, 4.69) is 24.5 Å². The lowest BCUT2D eigenvalue weighted by molar-refractivity contribution is 0.170. The third-order valence-corrected chi connectivity index (χ3v) is 4.87. The Labute approximate surface area is 135 Å². The molecular formula is C16H21ClN2OS. The van der Waals surface area contributed by atoms with Crippen LogP contribution in [0.1, 0.15) is 23.6 Å². The van der Waals surface area contributed by atoms with Gasteiger partial charge in [0.15, 0.2) is 0 Å². The maximum atomic E-state index is 5.97. The van der Waals surface area contributed by atoms with Gasteiger partial charge in [-0.25, -0.2) is 0 Å². The predicted molar refractivity (Wildman–Crippen MR) is 90.1 cm³/mol. The summed E-state index contributed by atoms with van der Waals surface area (Å²) in [6.45, 7) is 4.18. The highest BCUT2D eigenvalue weighted by Gasteiger charge is 2.19. The van der Waals surface area contributed by atoms with Crippen LogP contribution in [0.15, 0.2) is 36.4 Å². The Morgan fingerprint density at radius 2 is 2.05 bits per heavy atom. The van der Waals surface area contributed by atoms with Gasteiger partial charge < -0.3 is 4.74 Å². The molecule has 0 saturated carbocycles. The molecule has 0 radical (unpaired) electrons. The van der Waals surface area contributed by atoms with Gasteiger partial charge in [-0.1, -0.05) is 24.6 Å². The maximum absolute atomic E-state index is 5.97. The number of benzene rings is 1. The topological polar surface area (TPSA) is 47.3 Å². The Bertz CT molecular complexity index is 573. The molecular weight excluding hydrogens is 304 g/mol. The number of hydrogen-bond acceptors (Lipinski definition) is 4. The average Bonchev–Trinajstić information content (AvgIpc) is 2.92. The fourth-order valence-corrected chi connectivity index (χ4v) is 3.33. The predicted octanol–water partition coefficient (Wildman–Crippen LogP) is 3.81. The van der Waals surface area contributed by atoms with Crippen LogP contribution in [0.5, 0.6) is 5.75 Å². The fraction of sp³-hybridized carbons (Fsp3) is 0.375. The number of thiophene rings is 1. The summed E-state index contributed by atoms with van der Waals surface area (Å²) in [5.41, 5.74) is 2.86. The highest BCUT2D eigenvalue weighted by Crippen LogP contribution is 2.22. The molecule has 2 rings (SSSR count). The van der Waals surface area contributed by atoms with Gasteiger partial charge in [0.25, 0.3) is 0 Å². The molecule has 0 aliphatic rings. The van der Waals surface area contributed by atoms with Gasteiger partial charge in [0.2, 0.25) is 0 Å². The van der Waals surface area contributed by atoms with Crippen molar-refractivity contribution in [3.63, 3.8) is 0 Å². The van der Waals surface area contributed by atoms with E-state index < -0.39 is 0 Å². The van der Waals surface area contributed by atoms with E-state index in [4.69, 9.17) is 22.2 Å². The lowest BCUT2D eigenvalue weighted by Crippen LogP contribution is -2.46. The molecule has 0 amide bonds. The molecule has 0 aliphatic carbocycles. The Morgan fingerprint density at radius 3 is 2.67 bits per heavy atom. The highest BCUT2D eigenvalue weighted by molar-refractivity contribution is 7.11. The van der Waals surface area contributed by atoms with Gasteiger partial charge >= 0.3 is 0 Å². The minimum Gasteiger partial charge on any atom is -0.489 e. The SMILES string of the molecule is CCc1ccc(CC(NN)C(C)Oc2cccc(Cl)c2)s1. The van der Waals surface area contributed by atoms with Crippen LogP contribution in [0.4, 0.5) is 0 Å². The Hall–Kier alpha value is -1.07. The van der Waals surface area contributed by atoms with E-state index in [0.29, 0.717) is 5.02 Å². The summed E-state index contributed by atoms with van der Waals surface area (Å²) in [5, 5.41) is 0.669. The lowest BCUT2D eigenvalue weighted by atomic mass is 10.1. The zero-order valence-electron chi connectivity index (χ0n) is 12.3. The van der Waals surface area contributed by atoms with Gasteiger partial charge in [-0.05, 0) is 43.7 Å². The largest absolute Gasteiger partial charge is 0.489 e. The van der Waals surface area contributed by atoms with Gasteiger partial charge in [-0.15, -0.1) is 11.3 Å². The summed E-state index contributed by atoms with van der Waals surface area (Å²) in [6, 6.07) is 11.8. The second kappa shape index (κ2) is 7.80. The third kappa shape index (κ3) is 4.71. The van der Waals surface area contributed by atoms with E-state index in [1.165, 1.54) is 9.75 Å². The Morgan fingerprint density at radius 1 is 1.29 bits per heavy atom. The lowest BCUT2D eigenvalue weighted by Gasteiger charge is -2.24. The van der Waals surface area contributed by atoms with E-state index in [9.17, 15) is 0 Å². The Balaban J connectivity index is 1.99. The van der Waals surface area contributed by atoms with Gasteiger partial charge in [0.05, 0.1) is 6.04 Å². The number of ether oxygens (including phenoxy) is 1. The van der Waals surface area contributed by atoms with Crippen molar-refractivity contribution in [3.05, 3.63) is 51.2 Å². The summed E-state index contributed by atoms with van der Waals surface area (Å²) in [6.07, 6.45) is 1.86. The van der Waals surface area contributed by atoms with Crippen LogP contribution in [0.2, 0.25) is 5.02 Å². The standard InChI is InChI=1S/C16H21ClN2OS/c1-3-14-7-8-15(21-14)10-16(19-18)11(2)20-13-6-4-5-12(17)9-13/h4-9,11,16,19H,3,10,18H2,1-2H3. The number of hydrogen-bond donors (Lipinski definition) is 2. The van der Waals surface area contributed by atoms with Crippen molar-refractivity contribution in [3.8, 4) is 5.75 Å². The van der Waals surface area contributed by atoms with E-state index >= 15 is 0 Å². The quantitative estimate of drug-likeness (QED) is 0.601. The molecule has 2 aromatic rings. The van der Waals surface area contributed by atoms with Crippen molar-refractivity contribution in [2.45, 2.75) is 38.8 Å². The average molecular weight is 325 g/mol. The molecule has 5 heteroatoms. The van der Waals surface area contributed by atoms with Crippen LogP contribution >= 0.6 is 22.9 Å². The van der Waals surface area contributed by atoms with Crippen LogP contribution < -0.4 is 16.0 Å². The number of nitrogens with two attached hydrogens (primary N) is 1. The summed E-state index contributed by atoms with van der Waals surface area (Å²) >= 11 is 7.80. The number of aryl methyl sites for hydroxylation is 1. The van der Waals surface area contributed by atoms with Gasteiger partial charge in [0.1, 0.15) is 11.9 Å². The molecule has 0 fully saturated rings. The molecule has 0 spiro atoms. The smallest absolute Gasteiger partial charge is 0.121 e. The number of nitrogens with one attached hydrogen (secondary N) is 1. The molecule has 114 valence electrons. The van der Waals surface area contributed by atoms with Crippen molar-refractivity contribution in [1.82, 2.24) is 5.43 Å². The van der Waals surface area contributed by atoms with Crippen molar-refractivity contribution in [2.24, 2.45) is 5.84 Å². The van der Waals surface area contributed by atoms with Crippen molar-refractivity contribution < 1.29 is 4.74 Å². The molecule has 1 aromatic heterocycles. The molecule has 1 aromatic carbocycles. The minimum atomic E-state index is -0.0550. The maximum Gasteiger partial charge on any atom is 0.121 e. The van der Waals surface area contributed by atoms with E-state index in [1.807, 2.05) is 42.5 Å². The fourth-order valence-electron chi connectivity index (χ4n) is 2.14. The van der Waals surface area contributed by atoms with Crippen LogP contribution in [0, 0.1) is 0 Å². The number of halogens is 1. The second-order valence-electron chi connectivity index (χ2n) is 4.98. The molecule has 2 atom stereocenters. The normalized spacial score (nSPS) is 13.9. The van der Waals surface area contributed by atoms with Crippen LogP contribution in [-0.2, 0) is 12.8 Å². The first kappa shape index (κ1) is 16.3. The third-order valence-electron chi connectivity index (χ3n) is 3.39. The summed E-state index contributed by atoms with van der Waals surface area (Å²) in [4.78, 5) is 2.71. The monoisotopic (exact) mass is 324 g/mol. The van der Waals surface area contributed by atoms with Crippen molar-refractivity contribution in [1.29, 1.82) is 0 Å². The summed E-state index contributed by atoms with van der Waals surface area (Å²) < 4.78 is 5.93. The van der Waals surface area contributed by atoms with Crippen molar-refractivity contribution in [2.75, 3.05) is 0 Å². The van der Waals surface area contributed by atoms with Gasteiger partial charge in [-0.2, -0.15) is 0 Å². The second-order valence-corrected chi connectivity index (χ2v) is 6.67. The zero-order valence-corrected chi connectivity index (χ0v) is 13.9. The molecule has 3 nitrogen and oxygen atoms in total. The minimum absolute atomic E-state index is 0.0485. The van der Waals surface area contributed by atoms with E-state index in [1.54, 1.807) is 0 Å². The summed E-state index contributed by atoms with van der Waals surface area (Å²) in [7, 11) is 0. The molecule has 0 bridgehead atoms. The van der Waals surface area contributed by atoms with Crippen LogP contribution in [0.3, 0.4) is 0 Å². The number of rotatable bonds is 7. The first-order valence-electron chi connectivity index (χ1n) is 7.08. The summed E-state index contributed by atoms with van der Waals surface area (Å²) in [5.74, 6) is 6.45. The molecule has 21 heavy (non-hydrogen) atoms. The molecule has 2 unspecified atom stereocenters. The first-order chi connectivity index (χ1) is 10.1. The highest BCUT2D eigenvalue weighted by atomic mass is 35.5. The van der Waals surface area contributed by atoms with Crippen LogP contribution in [0.25, 0.3) is 0 Å². The molecule has 0 saturated heterocycles. The molecule has 3 N–H and O–H groups in total. The molecule has 0 aliphatic heterocycles. The van der Waals surface area contributed by atoms with E-state index in [0.717, 1.165) is 18.6 Å². The first-order valence-corrected chi connectivity index (χ1v) is 8.27. The van der Waals surface area contributed by atoms with Crippen LogP contribution in [-0.4, -0.2) is 12.1 Å².